The average molecular weight is 313 g/mol. The van der Waals surface area contributed by atoms with E-state index in [4.69, 9.17) is 11.6 Å². The highest BCUT2D eigenvalue weighted by atomic mass is 35.5. The van der Waals surface area contributed by atoms with E-state index in [9.17, 15) is 10.1 Å². The Bertz CT molecular complexity index is 492. The smallest absolute Gasteiger partial charge is 0.288 e. The van der Waals surface area contributed by atoms with Crippen LogP contribution in [0.1, 0.15) is 5.56 Å². The molecule has 6 nitrogen and oxygen atoms in total. The number of halogens is 1. The Labute approximate surface area is 129 Å². The van der Waals surface area contributed by atoms with Gasteiger partial charge in [-0.15, -0.1) is 0 Å². The van der Waals surface area contributed by atoms with Crippen molar-refractivity contribution in [3.05, 3.63) is 38.9 Å². The van der Waals surface area contributed by atoms with Gasteiger partial charge in [0.1, 0.15) is 5.02 Å². The molecule has 1 aromatic carbocycles. The normalized spacial score (nSPS) is 16.3. The Morgan fingerprint density at radius 2 is 2.14 bits per heavy atom. The van der Waals surface area contributed by atoms with E-state index in [1.54, 1.807) is 12.1 Å². The van der Waals surface area contributed by atoms with Gasteiger partial charge in [-0.3, -0.25) is 15.0 Å². The zero-order valence-corrected chi connectivity index (χ0v) is 13.0. The third-order valence-corrected chi connectivity index (χ3v) is 3.99. The van der Waals surface area contributed by atoms with Crippen LogP contribution < -0.4 is 5.32 Å². The van der Waals surface area contributed by atoms with Crippen LogP contribution in [0.25, 0.3) is 0 Å². The molecule has 0 spiro atoms. The lowest BCUT2D eigenvalue weighted by Crippen LogP contribution is -2.45. The highest BCUT2D eigenvalue weighted by molar-refractivity contribution is 6.32. The van der Waals surface area contributed by atoms with Crippen molar-refractivity contribution in [1.82, 2.24) is 15.1 Å². The Morgan fingerprint density at radius 1 is 1.43 bits per heavy atom. The molecule has 1 aliphatic heterocycles. The lowest BCUT2D eigenvalue weighted by Gasteiger charge is -2.29. The molecule has 0 aliphatic carbocycles. The van der Waals surface area contributed by atoms with Gasteiger partial charge in [0.05, 0.1) is 4.92 Å². The number of hydrogen-bond donors (Lipinski definition) is 1. The zero-order valence-electron chi connectivity index (χ0n) is 12.2. The van der Waals surface area contributed by atoms with Gasteiger partial charge in [-0.05, 0) is 18.7 Å². The van der Waals surface area contributed by atoms with Crippen LogP contribution in [0, 0.1) is 10.1 Å². The molecule has 1 aliphatic rings. The van der Waals surface area contributed by atoms with Crippen LogP contribution in [0.3, 0.4) is 0 Å². The van der Waals surface area contributed by atoms with Gasteiger partial charge in [0, 0.05) is 51.9 Å². The molecule has 1 aromatic rings. The summed E-state index contributed by atoms with van der Waals surface area (Å²) in [6, 6.07) is 5.00. The van der Waals surface area contributed by atoms with E-state index in [-0.39, 0.29) is 10.7 Å². The predicted molar refractivity (Wildman–Crippen MR) is 83.8 cm³/mol. The van der Waals surface area contributed by atoms with E-state index in [1.807, 2.05) is 13.1 Å². The van der Waals surface area contributed by atoms with Crippen LogP contribution in [0.15, 0.2) is 18.2 Å². The van der Waals surface area contributed by atoms with Gasteiger partial charge >= 0.3 is 0 Å². The van der Waals surface area contributed by atoms with E-state index < -0.39 is 4.92 Å². The van der Waals surface area contributed by atoms with Crippen molar-refractivity contribution >= 4 is 17.3 Å². The molecule has 1 saturated heterocycles. The number of benzene rings is 1. The standard InChI is InChI=1S/C14H21ClN4O2/c1-17(8-9-18-6-4-16-5-7-18)11-12-2-3-13(15)14(10-12)19(20)21/h2-3,10,16H,4-9,11H2,1H3. The van der Waals surface area contributed by atoms with Crippen LogP contribution in [0.4, 0.5) is 5.69 Å². The fourth-order valence-electron chi connectivity index (χ4n) is 2.43. The maximum absolute atomic E-state index is 10.9. The second kappa shape index (κ2) is 7.70. The molecule has 0 unspecified atom stereocenters. The molecule has 1 heterocycles. The fraction of sp³-hybridized carbons (Fsp3) is 0.571. The van der Waals surface area contributed by atoms with Crippen LogP contribution in [0.2, 0.25) is 5.02 Å². The van der Waals surface area contributed by atoms with Gasteiger partial charge in [0.15, 0.2) is 0 Å². The minimum atomic E-state index is -0.438. The van der Waals surface area contributed by atoms with E-state index in [0.717, 1.165) is 44.8 Å². The van der Waals surface area contributed by atoms with E-state index in [0.29, 0.717) is 6.54 Å². The van der Waals surface area contributed by atoms with Crippen molar-refractivity contribution < 1.29 is 4.92 Å². The zero-order chi connectivity index (χ0) is 15.2. The molecule has 0 saturated carbocycles. The van der Waals surface area contributed by atoms with Gasteiger partial charge in [-0.1, -0.05) is 17.7 Å². The molecule has 2 rings (SSSR count). The minimum absolute atomic E-state index is 0.0235. The fourth-order valence-corrected chi connectivity index (χ4v) is 2.62. The van der Waals surface area contributed by atoms with Crippen LogP contribution in [-0.4, -0.2) is 61.0 Å². The van der Waals surface area contributed by atoms with Crippen molar-refractivity contribution in [3.63, 3.8) is 0 Å². The summed E-state index contributed by atoms with van der Waals surface area (Å²) in [4.78, 5) is 15.1. The maximum Gasteiger partial charge on any atom is 0.288 e. The predicted octanol–water partition coefficient (Wildman–Crippen LogP) is 1.59. The molecule has 0 amide bonds. The average Bonchev–Trinajstić information content (AvgIpc) is 2.48. The second-order valence-electron chi connectivity index (χ2n) is 5.37. The Morgan fingerprint density at radius 3 is 2.81 bits per heavy atom. The largest absolute Gasteiger partial charge is 0.314 e. The summed E-state index contributed by atoms with van der Waals surface area (Å²) >= 11 is 5.82. The summed E-state index contributed by atoms with van der Waals surface area (Å²) in [6.07, 6.45) is 0. The summed E-state index contributed by atoms with van der Waals surface area (Å²) in [6.45, 7) is 6.91. The monoisotopic (exact) mass is 312 g/mol. The first-order chi connectivity index (χ1) is 10.1. The summed E-state index contributed by atoms with van der Waals surface area (Å²) < 4.78 is 0. The van der Waals surface area contributed by atoms with Crippen molar-refractivity contribution in [2.75, 3.05) is 46.3 Å². The first-order valence-electron chi connectivity index (χ1n) is 7.10. The summed E-state index contributed by atoms with van der Waals surface area (Å²) in [5.74, 6) is 0. The van der Waals surface area contributed by atoms with E-state index >= 15 is 0 Å². The molecule has 1 fully saturated rings. The number of nitro groups is 1. The van der Waals surface area contributed by atoms with Crippen LogP contribution in [0.5, 0.6) is 0 Å². The van der Waals surface area contributed by atoms with Crippen molar-refractivity contribution in [1.29, 1.82) is 0 Å². The molecule has 1 N–H and O–H groups in total. The molecule has 7 heteroatoms. The van der Waals surface area contributed by atoms with Crippen molar-refractivity contribution in [3.8, 4) is 0 Å². The Kier molecular flexibility index (Phi) is 5.93. The molecule has 0 aromatic heterocycles. The van der Waals surface area contributed by atoms with Gasteiger partial charge in [-0.25, -0.2) is 0 Å². The molecule has 0 bridgehead atoms. The van der Waals surface area contributed by atoms with Crippen molar-refractivity contribution in [2.24, 2.45) is 0 Å². The molecule has 21 heavy (non-hydrogen) atoms. The highest BCUT2D eigenvalue weighted by Crippen LogP contribution is 2.25. The molecule has 0 atom stereocenters. The molecular weight excluding hydrogens is 292 g/mol. The summed E-state index contributed by atoms with van der Waals surface area (Å²) in [7, 11) is 2.03. The van der Waals surface area contributed by atoms with Crippen molar-refractivity contribution in [2.45, 2.75) is 6.54 Å². The lowest BCUT2D eigenvalue weighted by atomic mass is 10.2. The first-order valence-corrected chi connectivity index (χ1v) is 7.48. The van der Waals surface area contributed by atoms with Gasteiger partial charge in [0.25, 0.3) is 5.69 Å². The number of nitrogens with one attached hydrogen (secondary N) is 1. The molecular formula is C14H21ClN4O2. The summed E-state index contributed by atoms with van der Waals surface area (Å²) in [5, 5.41) is 14.4. The maximum atomic E-state index is 10.9. The Balaban J connectivity index is 1.85. The third kappa shape index (κ3) is 4.93. The number of hydrogen-bond acceptors (Lipinski definition) is 5. The van der Waals surface area contributed by atoms with Crippen LogP contribution in [-0.2, 0) is 6.54 Å². The minimum Gasteiger partial charge on any atom is -0.314 e. The topological polar surface area (TPSA) is 61.6 Å². The number of nitro benzene ring substituents is 1. The van der Waals surface area contributed by atoms with Gasteiger partial charge in [0.2, 0.25) is 0 Å². The number of likely N-dealkylation sites (N-methyl/N-ethyl adjacent to an activating group) is 1. The number of nitrogens with zero attached hydrogens (tertiary/aromatic N) is 3. The number of rotatable bonds is 6. The quantitative estimate of drug-likeness (QED) is 0.638. The molecule has 116 valence electrons. The number of piperazine rings is 1. The lowest BCUT2D eigenvalue weighted by molar-refractivity contribution is -0.384. The van der Waals surface area contributed by atoms with Crippen LogP contribution >= 0.6 is 11.6 Å². The SMILES string of the molecule is CN(CCN1CCNCC1)Cc1ccc(Cl)c([N+](=O)[O-])c1. The molecule has 0 radical (unpaired) electrons. The van der Waals surface area contributed by atoms with E-state index in [2.05, 4.69) is 15.1 Å². The second-order valence-corrected chi connectivity index (χ2v) is 5.78. The Hall–Kier alpha value is -1.21. The third-order valence-electron chi connectivity index (χ3n) is 3.67. The van der Waals surface area contributed by atoms with Gasteiger partial charge < -0.3 is 10.2 Å². The van der Waals surface area contributed by atoms with Gasteiger partial charge in [-0.2, -0.15) is 0 Å². The van der Waals surface area contributed by atoms with E-state index in [1.165, 1.54) is 0 Å². The highest BCUT2D eigenvalue weighted by Gasteiger charge is 2.14. The summed E-state index contributed by atoms with van der Waals surface area (Å²) in [5.41, 5.74) is 0.888. The first kappa shape index (κ1) is 16.2.